The summed E-state index contributed by atoms with van der Waals surface area (Å²) < 4.78 is 26.7. The lowest BCUT2D eigenvalue weighted by Gasteiger charge is -2.12. The molecule has 0 spiro atoms. The molecule has 168 valence electrons. The second-order valence-electron chi connectivity index (χ2n) is 6.57. The zero-order chi connectivity index (χ0) is 24.1. The fraction of sp³-hybridized carbons (Fsp3) is 0. The Morgan fingerprint density at radius 1 is 0.970 bits per heavy atom. The molecule has 7 nitrogen and oxygen atoms in total. The average molecular weight is 492 g/mol. The van der Waals surface area contributed by atoms with Gasteiger partial charge in [0.2, 0.25) is 0 Å². The number of amides is 2. The summed E-state index contributed by atoms with van der Waals surface area (Å²) in [7, 11) is 0. The molecule has 3 aromatic carbocycles. The number of benzene rings is 3. The number of anilines is 1. The third-order valence-electron chi connectivity index (χ3n) is 4.24. The molecule has 0 aliphatic rings. The molecule has 0 atom stereocenters. The molecule has 2 N–H and O–H groups in total. The molecule has 0 radical (unpaired) electrons. The molecule has 3 rings (SSSR count). The fourth-order valence-corrected chi connectivity index (χ4v) is 3.12. The maximum Gasteiger partial charge on any atom is 0.272 e. The summed E-state index contributed by atoms with van der Waals surface area (Å²) in [6, 6.07) is 11.9. The lowest BCUT2D eigenvalue weighted by Crippen LogP contribution is -2.31. The van der Waals surface area contributed by atoms with Gasteiger partial charge in [0.15, 0.2) is 0 Å². The molecule has 0 bridgehead atoms. The van der Waals surface area contributed by atoms with Gasteiger partial charge in [-0.15, -0.1) is 0 Å². The van der Waals surface area contributed by atoms with Gasteiger partial charge in [0.25, 0.3) is 17.5 Å². The van der Waals surface area contributed by atoms with E-state index in [-0.39, 0.29) is 38.2 Å². The van der Waals surface area contributed by atoms with E-state index < -0.39 is 28.4 Å². The van der Waals surface area contributed by atoms with Crippen LogP contribution in [0.25, 0.3) is 6.08 Å². The van der Waals surface area contributed by atoms with Crippen molar-refractivity contribution in [1.82, 2.24) is 5.32 Å². The highest BCUT2D eigenvalue weighted by molar-refractivity contribution is 6.34. The van der Waals surface area contributed by atoms with Crippen LogP contribution in [-0.2, 0) is 4.79 Å². The smallest absolute Gasteiger partial charge is 0.272 e. The molecular formula is C22H13Cl2F2N3O4. The summed E-state index contributed by atoms with van der Waals surface area (Å²) in [5.41, 5.74) is -0.300. The number of nitro groups is 1. The third kappa shape index (κ3) is 6.12. The minimum Gasteiger partial charge on any atom is -0.321 e. The lowest BCUT2D eigenvalue weighted by molar-refractivity contribution is -0.384. The Morgan fingerprint density at radius 3 is 2.39 bits per heavy atom. The SMILES string of the molecule is O=C(Nc1ccc(F)c(Cl)c1)C(=Cc1cccc([N+](=O)[O-])c1)NC(=O)c1ccc(F)cc1Cl. The zero-order valence-corrected chi connectivity index (χ0v) is 18.0. The van der Waals surface area contributed by atoms with Crippen LogP contribution in [-0.4, -0.2) is 16.7 Å². The quantitative estimate of drug-likeness (QED) is 0.266. The second kappa shape index (κ2) is 10.2. The summed E-state index contributed by atoms with van der Waals surface area (Å²) in [4.78, 5) is 36.0. The van der Waals surface area contributed by atoms with Crippen molar-refractivity contribution in [3.63, 3.8) is 0 Å². The number of nitrogens with zero attached hydrogens (tertiary/aromatic N) is 1. The maximum atomic E-state index is 13.4. The molecule has 0 aliphatic heterocycles. The van der Waals surface area contributed by atoms with E-state index in [0.29, 0.717) is 0 Å². The standard InChI is InChI=1S/C22H13Cl2F2N3O4/c23-17-10-13(25)4-6-16(17)21(30)28-20(9-12-2-1-3-15(8-12)29(32)33)22(31)27-14-5-7-19(26)18(24)11-14/h1-11H,(H,27,31)(H,28,30). The van der Waals surface area contributed by atoms with E-state index >= 15 is 0 Å². The Labute approximate surface area is 195 Å². The van der Waals surface area contributed by atoms with Gasteiger partial charge in [-0.25, -0.2) is 8.78 Å². The number of non-ortho nitro benzene ring substituents is 1. The van der Waals surface area contributed by atoms with Crippen molar-refractivity contribution in [2.24, 2.45) is 0 Å². The molecule has 0 saturated carbocycles. The summed E-state index contributed by atoms with van der Waals surface area (Å²) in [6.45, 7) is 0. The summed E-state index contributed by atoms with van der Waals surface area (Å²) in [6.07, 6.45) is 1.20. The van der Waals surface area contributed by atoms with Gasteiger partial charge in [0, 0.05) is 17.8 Å². The van der Waals surface area contributed by atoms with Gasteiger partial charge in [0.1, 0.15) is 17.3 Å². The van der Waals surface area contributed by atoms with Gasteiger partial charge >= 0.3 is 0 Å². The molecule has 0 saturated heterocycles. The highest BCUT2D eigenvalue weighted by Gasteiger charge is 2.18. The minimum absolute atomic E-state index is 0.111. The number of hydrogen-bond donors (Lipinski definition) is 2. The Hall–Kier alpha value is -3.82. The Morgan fingerprint density at radius 2 is 1.73 bits per heavy atom. The van der Waals surface area contributed by atoms with Crippen molar-refractivity contribution in [1.29, 1.82) is 0 Å². The van der Waals surface area contributed by atoms with E-state index in [9.17, 15) is 28.5 Å². The number of hydrogen-bond acceptors (Lipinski definition) is 4. The van der Waals surface area contributed by atoms with Gasteiger partial charge in [-0.1, -0.05) is 35.3 Å². The summed E-state index contributed by atoms with van der Waals surface area (Å²) >= 11 is 11.6. The number of nitrogens with one attached hydrogen (secondary N) is 2. The van der Waals surface area contributed by atoms with Crippen LogP contribution in [0.2, 0.25) is 10.0 Å². The minimum atomic E-state index is -0.837. The molecule has 3 aromatic rings. The normalized spacial score (nSPS) is 11.1. The second-order valence-corrected chi connectivity index (χ2v) is 7.39. The molecular weight excluding hydrogens is 479 g/mol. The van der Waals surface area contributed by atoms with E-state index in [1.165, 1.54) is 42.5 Å². The van der Waals surface area contributed by atoms with Crippen molar-refractivity contribution >= 4 is 52.5 Å². The van der Waals surface area contributed by atoms with Crippen molar-refractivity contribution in [2.45, 2.75) is 0 Å². The van der Waals surface area contributed by atoms with Crippen LogP contribution in [0, 0.1) is 21.7 Å². The molecule has 0 unspecified atom stereocenters. The highest BCUT2D eigenvalue weighted by atomic mass is 35.5. The Kier molecular flexibility index (Phi) is 7.37. The van der Waals surface area contributed by atoms with E-state index in [2.05, 4.69) is 10.6 Å². The Balaban J connectivity index is 1.96. The first-order valence-corrected chi connectivity index (χ1v) is 9.88. The lowest BCUT2D eigenvalue weighted by atomic mass is 10.1. The zero-order valence-electron chi connectivity index (χ0n) is 16.4. The van der Waals surface area contributed by atoms with Crippen LogP contribution in [0.4, 0.5) is 20.2 Å². The first kappa shape index (κ1) is 23.8. The van der Waals surface area contributed by atoms with Gasteiger partial charge in [0.05, 0.1) is 20.5 Å². The van der Waals surface area contributed by atoms with Gasteiger partial charge in [-0.2, -0.15) is 0 Å². The van der Waals surface area contributed by atoms with E-state index in [4.69, 9.17) is 23.2 Å². The van der Waals surface area contributed by atoms with Crippen LogP contribution in [0.5, 0.6) is 0 Å². The Bertz CT molecular complexity index is 1300. The first-order valence-electron chi connectivity index (χ1n) is 9.13. The molecule has 0 aliphatic carbocycles. The van der Waals surface area contributed by atoms with E-state index in [1.807, 2.05) is 0 Å². The summed E-state index contributed by atoms with van der Waals surface area (Å²) in [5, 5.41) is 15.4. The highest BCUT2D eigenvalue weighted by Crippen LogP contribution is 2.22. The molecule has 0 heterocycles. The van der Waals surface area contributed by atoms with Crippen LogP contribution in [0.1, 0.15) is 15.9 Å². The van der Waals surface area contributed by atoms with Crippen LogP contribution < -0.4 is 10.6 Å². The number of nitro benzene ring substituents is 1. The largest absolute Gasteiger partial charge is 0.321 e. The molecule has 0 fully saturated rings. The van der Waals surface area contributed by atoms with Gasteiger partial charge < -0.3 is 10.6 Å². The van der Waals surface area contributed by atoms with Crippen molar-refractivity contribution < 1.29 is 23.3 Å². The molecule has 0 aromatic heterocycles. The van der Waals surface area contributed by atoms with Crippen LogP contribution in [0.3, 0.4) is 0 Å². The van der Waals surface area contributed by atoms with Crippen molar-refractivity contribution in [3.8, 4) is 0 Å². The predicted molar refractivity (Wildman–Crippen MR) is 120 cm³/mol. The molecule has 11 heteroatoms. The number of carbonyl (C=O) groups is 2. The van der Waals surface area contributed by atoms with Crippen LogP contribution >= 0.6 is 23.2 Å². The maximum absolute atomic E-state index is 13.4. The van der Waals surface area contributed by atoms with Gasteiger partial charge in [-0.05, 0) is 48.0 Å². The monoisotopic (exact) mass is 491 g/mol. The summed E-state index contributed by atoms with van der Waals surface area (Å²) in [5.74, 6) is -3.02. The predicted octanol–water partition coefficient (Wildman–Crippen LogP) is 5.59. The number of halogens is 4. The average Bonchev–Trinajstić information content (AvgIpc) is 2.76. The number of rotatable bonds is 6. The van der Waals surface area contributed by atoms with E-state index in [0.717, 1.165) is 24.3 Å². The van der Waals surface area contributed by atoms with E-state index in [1.54, 1.807) is 0 Å². The molecule has 2 amide bonds. The third-order valence-corrected chi connectivity index (χ3v) is 4.84. The molecule has 33 heavy (non-hydrogen) atoms. The van der Waals surface area contributed by atoms with Crippen LogP contribution in [0.15, 0.2) is 66.4 Å². The van der Waals surface area contributed by atoms with Crippen molar-refractivity contribution in [2.75, 3.05) is 5.32 Å². The topological polar surface area (TPSA) is 101 Å². The first-order chi connectivity index (χ1) is 15.6. The van der Waals surface area contributed by atoms with Crippen molar-refractivity contribution in [3.05, 3.63) is 109 Å². The van der Waals surface area contributed by atoms with Gasteiger partial charge in [-0.3, -0.25) is 19.7 Å². The fourth-order valence-electron chi connectivity index (χ4n) is 2.69. The number of carbonyl (C=O) groups excluding carboxylic acids is 2.